The fourth-order valence-electron chi connectivity index (χ4n) is 2.14. The first-order valence-electron chi connectivity index (χ1n) is 7.45. The van der Waals surface area contributed by atoms with Crippen molar-refractivity contribution in [1.29, 1.82) is 0 Å². The Kier molecular flexibility index (Phi) is 6.65. The maximum absolute atomic E-state index is 12.2. The predicted octanol–water partition coefficient (Wildman–Crippen LogP) is 3.95. The highest BCUT2D eigenvalue weighted by Gasteiger charge is 2.19. The summed E-state index contributed by atoms with van der Waals surface area (Å²) in [6.45, 7) is -0.0468. The Morgan fingerprint density at radius 1 is 1.19 bits per heavy atom. The number of benzene rings is 2. The van der Waals surface area contributed by atoms with Crippen LogP contribution < -0.4 is 9.47 Å². The van der Waals surface area contributed by atoms with Gasteiger partial charge in [0.15, 0.2) is 12.4 Å². The van der Waals surface area contributed by atoms with Crippen molar-refractivity contribution >= 4 is 34.8 Å². The topological polar surface area (TPSA) is 81.9 Å². The van der Waals surface area contributed by atoms with Gasteiger partial charge in [-0.1, -0.05) is 29.3 Å². The Bertz CT molecular complexity index is 829. The Labute approximate surface area is 160 Å². The molecule has 7 nitrogen and oxygen atoms in total. The van der Waals surface area contributed by atoms with E-state index in [1.807, 2.05) is 0 Å². The minimum Gasteiger partial charge on any atom is -0.496 e. The maximum atomic E-state index is 12.2. The number of likely N-dealkylation sites (N-methyl/N-ethyl adjacent to an activating group) is 1. The zero-order valence-electron chi connectivity index (χ0n) is 14.1. The number of carbonyl (C=O) groups is 1. The van der Waals surface area contributed by atoms with Crippen LogP contribution in [0.15, 0.2) is 36.4 Å². The lowest BCUT2D eigenvalue weighted by Gasteiger charge is -2.18. The van der Waals surface area contributed by atoms with Crippen LogP contribution in [0.3, 0.4) is 0 Å². The van der Waals surface area contributed by atoms with Gasteiger partial charge in [0.1, 0.15) is 5.75 Å². The summed E-state index contributed by atoms with van der Waals surface area (Å²) in [6.07, 6.45) is 0. The molecular weight excluding hydrogens is 383 g/mol. The summed E-state index contributed by atoms with van der Waals surface area (Å²) in [6, 6.07) is 9.22. The van der Waals surface area contributed by atoms with Gasteiger partial charge in [0.25, 0.3) is 5.91 Å². The first kappa shape index (κ1) is 19.8. The second kappa shape index (κ2) is 8.73. The number of halogens is 2. The zero-order valence-corrected chi connectivity index (χ0v) is 15.6. The number of amides is 1. The number of methoxy groups -OCH3 is 1. The molecule has 26 heavy (non-hydrogen) atoms. The molecule has 0 aliphatic rings. The largest absolute Gasteiger partial charge is 0.496 e. The SMILES string of the molecule is COc1ccc(OCC(=O)N(C)Cc2ccc(Cl)c(Cl)c2)c([N+](=O)[O-])c1. The van der Waals surface area contributed by atoms with Gasteiger partial charge >= 0.3 is 5.69 Å². The normalized spacial score (nSPS) is 10.3. The Balaban J connectivity index is 2.01. The third-order valence-corrected chi connectivity index (χ3v) is 4.28. The number of nitro benzene ring substituents is 1. The fraction of sp³-hybridized carbons (Fsp3) is 0.235. The highest BCUT2D eigenvalue weighted by atomic mass is 35.5. The van der Waals surface area contributed by atoms with Crippen molar-refractivity contribution in [3.05, 3.63) is 62.1 Å². The molecule has 2 aromatic rings. The van der Waals surface area contributed by atoms with E-state index in [1.165, 1.54) is 30.2 Å². The Morgan fingerprint density at radius 3 is 2.54 bits per heavy atom. The van der Waals surface area contributed by atoms with Crippen LogP contribution in [-0.4, -0.2) is 36.5 Å². The molecule has 1 amide bonds. The van der Waals surface area contributed by atoms with Gasteiger partial charge in [-0.05, 0) is 29.8 Å². The standard InChI is InChI=1S/C17H16Cl2N2O5/c1-20(9-11-3-5-13(18)14(19)7-11)17(22)10-26-16-6-4-12(25-2)8-15(16)21(23)24/h3-8H,9-10H2,1-2H3. The first-order chi connectivity index (χ1) is 12.3. The van der Waals surface area contributed by atoms with Crippen molar-refractivity contribution in [1.82, 2.24) is 4.90 Å². The van der Waals surface area contributed by atoms with Crippen LogP contribution in [0.4, 0.5) is 5.69 Å². The van der Waals surface area contributed by atoms with Gasteiger partial charge in [-0.2, -0.15) is 0 Å². The van der Waals surface area contributed by atoms with E-state index in [-0.39, 0.29) is 24.0 Å². The number of carbonyl (C=O) groups excluding carboxylic acids is 1. The van der Waals surface area contributed by atoms with Gasteiger partial charge in [-0.25, -0.2) is 0 Å². The average molecular weight is 399 g/mol. The average Bonchev–Trinajstić information content (AvgIpc) is 2.62. The molecule has 0 aliphatic carbocycles. The molecule has 0 spiro atoms. The number of nitro groups is 1. The van der Waals surface area contributed by atoms with Crippen LogP contribution in [0.5, 0.6) is 11.5 Å². The molecule has 0 N–H and O–H groups in total. The van der Waals surface area contributed by atoms with Crippen LogP contribution in [0.1, 0.15) is 5.56 Å². The van der Waals surface area contributed by atoms with Gasteiger partial charge in [-0.15, -0.1) is 0 Å². The van der Waals surface area contributed by atoms with E-state index in [9.17, 15) is 14.9 Å². The summed E-state index contributed by atoms with van der Waals surface area (Å²) in [7, 11) is 3.00. The van der Waals surface area contributed by atoms with E-state index in [0.717, 1.165) is 5.56 Å². The van der Waals surface area contributed by atoms with E-state index in [2.05, 4.69) is 0 Å². The fourth-order valence-corrected chi connectivity index (χ4v) is 2.46. The monoisotopic (exact) mass is 398 g/mol. The van der Waals surface area contributed by atoms with Crippen LogP contribution in [0.2, 0.25) is 10.0 Å². The van der Waals surface area contributed by atoms with Gasteiger partial charge in [0, 0.05) is 13.6 Å². The number of hydrogen-bond donors (Lipinski definition) is 0. The first-order valence-corrected chi connectivity index (χ1v) is 8.20. The molecule has 0 fully saturated rings. The van der Waals surface area contributed by atoms with Gasteiger partial charge in [-0.3, -0.25) is 14.9 Å². The minimum absolute atomic E-state index is 0.00733. The summed E-state index contributed by atoms with van der Waals surface area (Å²) >= 11 is 11.8. The highest BCUT2D eigenvalue weighted by Crippen LogP contribution is 2.31. The highest BCUT2D eigenvalue weighted by molar-refractivity contribution is 6.42. The molecule has 0 saturated carbocycles. The lowest BCUT2D eigenvalue weighted by molar-refractivity contribution is -0.385. The summed E-state index contributed by atoms with van der Waals surface area (Å²) in [5.74, 6) is -0.0274. The zero-order chi connectivity index (χ0) is 19.3. The van der Waals surface area contributed by atoms with Gasteiger partial charge in [0.2, 0.25) is 0 Å². The van der Waals surface area contributed by atoms with Crippen molar-refractivity contribution in [2.24, 2.45) is 0 Å². The van der Waals surface area contributed by atoms with Crippen LogP contribution in [-0.2, 0) is 11.3 Å². The summed E-state index contributed by atoms with van der Waals surface area (Å²) < 4.78 is 10.3. The molecule has 0 unspecified atom stereocenters. The Hall–Kier alpha value is -2.51. The van der Waals surface area contributed by atoms with Crippen LogP contribution in [0.25, 0.3) is 0 Å². The quantitative estimate of drug-likeness (QED) is 0.520. The molecule has 0 radical (unpaired) electrons. The van der Waals surface area contributed by atoms with Crippen LogP contribution >= 0.6 is 23.2 Å². The van der Waals surface area contributed by atoms with Crippen molar-refractivity contribution in [3.63, 3.8) is 0 Å². The van der Waals surface area contributed by atoms with Crippen LogP contribution in [0, 0.1) is 10.1 Å². The molecule has 0 heterocycles. The van der Waals surface area contributed by atoms with Crippen molar-refractivity contribution in [2.45, 2.75) is 6.54 Å². The molecule has 0 atom stereocenters. The molecule has 138 valence electrons. The summed E-state index contributed by atoms with van der Waals surface area (Å²) in [5.41, 5.74) is 0.523. The molecule has 0 aromatic heterocycles. The van der Waals surface area contributed by atoms with E-state index in [4.69, 9.17) is 32.7 Å². The van der Waals surface area contributed by atoms with E-state index >= 15 is 0 Å². The number of hydrogen-bond acceptors (Lipinski definition) is 5. The second-order valence-corrected chi connectivity index (χ2v) is 6.19. The van der Waals surface area contributed by atoms with Gasteiger partial charge in [0.05, 0.1) is 28.1 Å². The number of rotatable bonds is 7. The molecule has 0 saturated heterocycles. The van der Waals surface area contributed by atoms with E-state index in [0.29, 0.717) is 22.3 Å². The molecule has 0 aliphatic heterocycles. The molecular formula is C17H16Cl2N2O5. The summed E-state index contributed by atoms with van der Waals surface area (Å²) in [5, 5.41) is 11.9. The third kappa shape index (κ3) is 5.00. The van der Waals surface area contributed by atoms with Crippen molar-refractivity contribution < 1.29 is 19.2 Å². The molecule has 2 aromatic carbocycles. The molecule has 9 heteroatoms. The second-order valence-electron chi connectivity index (χ2n) is 5.38. The third-order valence-electron chi connectivity index (χ3n) is 3.54. The van der Waals surface area contributed by atoms with Gasteiger partial charge < -0.3 is 14.4 Å². The lowest BCUT2D eigenvalue weighted by atomic mass is 10.2. The predicted molar refractivity (Wildman–Crippen MR) is 98.1 cm³/mol. The molecule has 2 rings (SSSR count). The van der Waals surface area contributed by atoms with E-state index in [1.54, 1.807) is 25.2 Å². The smallest absolute Gasteiger partial charge is 0.314 e. The number of nitrogens with zero attached hydrogens (tertiary/aromatic N) is 2. The van der Waals surface area contributed by atoms with Crippen molar-refractivity contribution in [2.75, 3.05) is 20.8 Å². The Morgan fingerprint density at radius 2 is 1.92 bits per heavy atom. The maximum Gasteiger partial charge on any atom is 0.314 e. The van der Waals surface area contributed by atoms with E-state index < -0.39 is 4.92 Å². The number of ether oxygens (including phenoxy) is 2. The summed E-state index contributed by atoms with van der Waals surface area (Å²) in [4.78, 5) is 24.2. The lowest BCUT2D eigenvalue weighted by Crippen LogP contribution is -2.31. The molecule has 0 bridgehead atoms. The minimum atomic E-state index is -0.595. The van der Waals surface area contributed by atoms with Crippen molar-refractivity contribution in [3.8, 4) is 11.5 Å².